The summed E-state index contributed by atoms with van der Waals surface area (Å²) in [6.45, 7) is 10.4. The molecule has 0 N–H and O–H groups in total. The van der Waals surface area contributed by atoms with Crippen molar-refractivity contribution in [2.24, 2.45) is 10.8 Å². The highest BCUT2D eigenvalue weighted by molar-refractivity contribution is 9.10. The van der Waals surface area contributed by atoms with Crippen LogP contribution in [-0.4, -0.2) is 18.9 Å². The quantitative estimate of drug-likeness (QED) is 0.353. The molecule has 0 unspecified atom stereocenters. The third kappa shape index (κ3) is 7.32. The van der Waals surface area contributed by atoms with Crippen LogP contribution in [0.15, 0.2) is 0 Å². The molecule has 0 amide bonds. The van der Waals surface area contributed by atoms with Crippen molar-refractivity contribution >= 4 is 89.4 Å². The summed E-state index contributed by atoms with van der Waals surface area (Å²) in [5.74, 6) is -0.651. The van der Waals surface area contributed by atoms with E-state index in [1.165, 1.54) is 0 Å². The van der Waals surface area contributed by atoms with Gasteiger partial charge in [-0.05, 0) is 31.4 Å². The molecule has 9 heteroatoms. The first kappa shape index (κ1) is 22.6. The summed E-state index contributed by atoms with van der Waals surface area (Å²) in [5, 5.41) is 0. The lowest BCUT2D eigenvalue weighted by Gasteiger charge is -2.28. The predicted molar refractivity (Wildman–Crippen MR) is 101 cm³/mol. The van der Waals surface area contributed by atoms with Crippen LogP contribution in [0.4, 0.5) is 0 Å². The minimum atomic E-state index is -1.63. The third-order valence-electron chi connectivity index (χ3n) is 2.17. The van der Waals surface area contributed by atoms with Gasteiger partial charge in [-0.1, -0.05) is 87.9 Å². The summed E-state index contributed by atoms with van der Waals surface area (Å²) in [7, 11) is 2.84. The average Bonchev–Trinajstić information content (AvgIpc) is 2.23. The maximum atomic E-state index is 12.1. The minimum Gasteiger partial charge on any atom is -0.295 e. The first-order chi connectivity index (χ1) is 9.02. The first-order valence-corrected chi connectivity index (χ1v) is 10.9. The summed E-state index contributed by atoms with van der Waals surface area (Å²) in [6, 6.07) is 0. The van der Waals surface area contributed by atoms with Gasteiger partial charge in [0, 0.05) is 10.8 Å². The Morgan fingerprint density at radius 3 is 1.10 bits per heavy atom. The maximum absolute atomic E-state index is 12.1. The predicted octanol–water partition coefficient (Wildman–Crippen LogP) is 6.51. The highest BCUT2D eigenvalue weighted by Gasteiger charge is 2.45. The summed E-state index contributed by atoms with van der Waals surface area (Å²) in [4.78, 5) is 24.2. The Bertz CT molecular complexity index is 374. The number of carbonyl (C=O) groups is 2. The van der Waals surface area contributed by atoms with Gasteiger partial charge in [0.15, 0.2) is 11.6 Å². The van der Waals surface area contributed by atoms with Gasteiger partial charge in [-0.3, -0.25) is 9.59 Å². The topological polar surface area (TPSA) is 34.1 Å². The molecular weight excluding hydrogens is 414 g/mol. The highest BCUT2D eigenvalue weighted by Crippen LogP contribution is 2.57. The fourth-order valence-electron chi connectivity index (χ4n) is 1.05. The molecule has 0 spiro atoms. The monoisotopic (exact) mass is 430 g/mol. The van der Waals surface area contributed by atoms with Crippen molar-refractivity contribution in [3.8, 4) is 0 Å². The highest BCUT2D eigenvalue weighted by atomic mass is 35.5. The number of rotatable bonds is 6. The average molecular weight is 432 g/mol. The van der Waals surface area contributed by atoms with Gasteiger partial charge in [0.2, 0.25) is 7.33 Å². The minimum absolute atomic E-state index is 0.326. The molecule has 2 nitrogen and oxygen atoms in total. The molecule has 0 aliphatic carbocycles. The Labute approximate surface area is 157 Å². The Hall–Kier alpha value is 1.55. The van der Waals surface area contributed by atoms with Gasteiger partial charge < -0.3 is 0 Å². The SMILES string of the molecule is CC(C)(C)C(=O)C(Cl)(Cl)SSSC(Cl)(Cl)C(=O)C(C)(C)C. The van der Waals surface area contributed by atoms with E-state index in [2.05, 4.69) is 0 Å². The smallest absolute Gasteiger partial charge is 0.231 e. The Morgan fingerprint density at radius 2 is 0.905 bits per heavy atom. The van der Waals surface area contributed by atoms with Crippen LogP contribution < -0.4 is 0 Å². The van der Waals surface area contributed by atoms with Crippen molar-refractivity contribution in [2.45, 2.75) is 48.9 Å². The van der Waals surface area contributed by atoms with E-state index >= 15 is 0 Å². The van der Waals surface area contributed by atoms with Crippen molar-refractivity contribution in [2.75, 3.05) is 0 Å². The largest absolute Gasteiger partial charge is 0.295 e. The molecule has 21 heavy (non-hydrogen) atoms. The summed E-state index contributed by atoms with van der Waals surface area (Å²) < 4.78 is -3.27. The number of Topliss-reactive ketones (excluding diaryl/α,β-unsaturated/α-hetero) is 2. The molecule has 0 atom stereocenters. The number of ketones is 2. The summed E-state index contributed by atoms with van der Waals surface area (Å²) >= 11 is 24.2. The molecule has 0 radical (unpaired) electrons. The fourth-order valence-corrected chi connectivity index (χ4v) is 8.84. The first-order valence-electron chi connectivity index (χ1n) is 5.91. The number of carbonyl (C=O) groups excluding carboxylic acids is 2. The molecule has 0 aliphatic heterocycles. The lowest BCUT2D eigenvalue weighted by Crippen LogP contribution is -2.34. The van der Waals surface area contributed by atoms with Crippen molar-refractivity contribution in [1.29, 1.82) is 0 Å². The van der Waals surface area contributed by atoms with Crippen molar-refractivity contribution in [3.05, 3.63) is 0 Å². The molecule has 0 saturated heterocycles. The second-order valence-electron chi connectivity index (χ2n) is 6.43. The van der Waals surface area contributed by atoms with Gasteiger partial charge in [-0.2, -0.15) is 0 Å². The molecule has 0 fully saturated rings. The zero-order valence-corrected chi connectivity index (χ0v) is 18.0. The van der Waals surface area contributed by atoms with E-state index in [-0.39, 0.29) is 11.6 Å². The van der Waals surface area contributed by atoms with Gasteiger partial charge in [0.05, 0.1) is 0 Å². The molecule has 124 valence electrons. The van der Waals surface area contributed by atoms with Gasteiger partial charge in [0.1, 0.15) is 0 Å². The van der Waals surface area contributed by atoms with Gasteiger partial charge in [-0.15, -0.1) is 0 Å². The molecule has 0 aromatic rings. The molecule has 0 aromatic heterocycles. The summed E-state index contributed by atoms with van der Waals surface area (Å²) in [5.41, 5.74) is -1.36. The zero-order valence-electron chi connectivity index (χ0n) is 12.6. The van der Waals surface area contributed by atoms with E-state index < -0.39 is 18.2 Å². The molecule has 0 aliphatic rings. The van der Waals surface area contributed by atoms with Crippen LogP contribution in [0.3, 0.4) is 0 Å². The van der Waals surface area contributed by atoms with Gasteiger partial charge in [0.25, 0.3) is 0 Å². The lowest BCUT2D eigenvalue weighted by atomic mass is 9.92. The second kappa shape index (κ2) is 7.62. The maximum Gasteiger partial charge on any atom is 0.231 e. The van der Waals surface area contributed by atoms with Crippen LogP contribution in [0.2, 0.25) is 0 Å². The zero-order chi connectivity index (χ0) is 17.3. The van der Waals surface area contributed by atoms with Gasteiger partial charge in [-0.25, -0.2) is 0 Å². The molecule has 0 saturated carbocycles. The Kier molecular flexibility index (Phi) is 8.19. The lowest BCUT2D eigenvalue weighted by molar-refractivity contribution is -0.125. The van der Waals surface area contributed by atoms with E-state index in [1.54, 1.807) is 41.5 Å². The number of alkyl halides is 4. The molecule has 0 heterocycles. The normalized spacial score (nSPS) is 14.2. The van der Waals surface area contributed by atoms with Crippen molar-refractivity contribution < 1.29 is 9.59 Å². The number of hydrogen-bond donors (Lipinski definition) is 0. The van der Waals surface area contributed by atoms with Crippen molar-refractivity contribution in [3.63, 3.8) is 0 Å². The van der Waals surface area contributed by atoms with Crippen LogP contribution in [0.1, 0.15) is 41.5 Å². The standard InChI is InChI=1S/C12H18Cl4O2S3/c1-9(2,3)7(17)11(13,14)19-21-20-12(15,16)8(18)10(4,5)6/h1-6H3. The second-order valence-corrected chi connectivity index (χ2v) is 14.3. The Balaban J connectivity index is 4.70. The third-order valence-corrected chi connectivity index (χ3v) is 8.94. The Morgan fingerprint density at radius 1 is 0.667 bits per heavy atom. The van der Waals surface area contributed by atoms with Crippen LogP contribution in [0.5, 0.6) is 0 Å². The van der Waals surface area contributed by atoms with E-state index in [9.17, 15) is 9.59 Å². The molecule has 0 aromatic carbocycles. The van der Waals surface area contributed by atoms with Crippen LogP contribution >= 0.6 is 77.8 Å². The van der Waals surface area contributed by atoms with Crippen molar-refractivity contribution in [1.82, 2.24) is 0 Å². The van der Waals surface area contributed by atoms with E-state index in [1.807, 2.05) is 0 Å². The van der Waals surface area contributed by atoms with Gasteiger partial charge >= 0.3 is 0 Å². The molecule has 0 bridgehead atoms. The van der Waals surface area contributed by atoms with E-state index in [4.69, 9.17) is 46.4 Å². The number of hydrogen-bond acceptors (Lipinski definition) is 5. The number of halogens is 4. The molecule has 0 rings (SSSR count). The van der Waals surface area contributed by atoms with E-state index in [0.29, 0.717) is 0 Å². The van der Waals surface area contributed by atoms with E-state index in [0.717, 1.165) is 31.4 Å². The van der Waals surface area contributed by atoms with Crippen LogP contribution in [-0.2, 0) is 9.59 Å². The van der Waals surface area contributed by atoms with Crippen LogP contribution in [0, 0.1) is 10.8 Å². The fraction of sp³-hybridized carbons (Fsp3) is 0.833. The van der Waals surface area contributed by atoms with Crippen LogP contribution in [0.25, 0.3) is 0 Å². The molecular formula is C12H18Cl4O2S3. The summed E-state index contributed by atoms with van der Waals surface area (Å²) in [6.07, 6.45) is 0.